The first-order valence-corrected chi connectivity index (χ1v) is 6.65. The molecule has 0 radical (unpaired) electrons. The number of hydrogen-bond donors (Lipinski definition) is 1. The van der Waals surface area contributed by atoms with E-state index < -0.39 is 5.97 Å². The lowest BCUT2D eigenvalue weighted by Gasteiger charge is -2.07. The number of halogens is 1. The smallest absolute Gasteiger partial charge is 0.341 e. The van der Waals surface area contributed by atoms with Crippen LogP contribution in [0.3, 0.4) is 0 Å². The van der Waals surface area contributed by atoms with Crippen molar-refractivity contribution in [2.45, 2.75) is 6.42 Å². The molecular weight excluding hydrogens is 308 g/mol. The Morgan fingerprint density at radius 3 is 2.63 bits per heavy atom. The van der Waals surface area contributed by atoms with Gasteiger partial charge in [0.2, 0.25) is 0 Å². The highest BCUT2D eigenvalue weighted by molar-refractivity contribution is 9.10. The number of esters is 1. The minimum absolute atomic E-state index is 0.0760. The van der Waals surface area contributed by atoms with Gasteiger partial charge in [-0.15, -0.1) is 0 Å². The van der Waals surface area contributed by atoms with Gasteiger partial charge in [-0.2, -0.15) is 0 Å². The Morgan fingerprint density at radius 2 is 1.89 bits per heavy atom. The second-order valence-corrected chi connectivity index (χ2v) is 4.95. The number of carbonyl (C=O) groups is 1. The van der Waals surface area contributed by atoms with E-state index in [0.717, 1.165) is 10.0 Å². The van der Waals surface area contributed by atoms with Crippen LogP contribution in [0.5, 0.6) is 5.75 Å². The lowest BCUT2D eigenvalue weighted by Crippen LogP contribution is -2.08. The predicted molar refractivity (Wildman–Crippen MR) is 76.2 cm³/mol. The van der Waals surface area contributed by atoms with Crippen LogP contribution in [0, 0.1) is 0 Å². The van der Waals surface area contributed by atoms with Crippen molar-refractivity contribution in [3.8, 4) is 5.75 Å². The lowest BCUT2D eigenvalue weighted by atomic mass is 10.2. The Bertz CT molecular complexity index is 567. The fourth-order valence-corrected chi connectivity index (χ4v) is 2.02. The Morgan fingerprint density at radius 1 is 1.16 bits per heavy atom. The van der Waals surface area contributed by atoms with E-state index in [2.05, 4.69) is 15.9 Å². The molecule has 2 aromatic carbocycles. The van der Waals surface area contributed by atoms with E-state index in [9.17, 15) is 9.90 Å². The summed E-state index contributed by atoms with van der Waals surface area (Å²) in [5.41, 5.74) is 1.27. The molecule has 0 bridgehead atoms. The highest BCUT2D eigenvalue weighted by atomic mass is 79.9. The summed E-state index contributed by atoms with van der Waals surface area (Å²) in [7, 11) is 0. The number of ether oxygens (including phenoxy) is 1. The molecule has 1 N–H and O–H groups in total. The van der Waals surface area contributed by atoms with Gasteiger partial charge in [0.1, 0.15) is 11.3 Å². The van der Waals surface area contributed by atoms with Gasteiger partial charge in [0.05, 0.1) is 6.61 Å². The Kier molecular flexibility index (Phi) is 4.58. The van der Waals surface area contributed by atoms with Gasteiger partial charge in [0, 0.05) is 10.9 Å². The molecule has 0 atom stereocenters. The van der Waals surface area contributed by atoms with Crippen molar-refractivity contribution in [1.82, 2.24) is 0 Å². The first-order chi connectivity index (χ1) is 9.16. The van der Waals surface area contributed by atoms with Crippen LogP contribution in [0.1, 0.15) is 15.9 Å². The maximum atomic E-state index is 11.8. The standard InChI is InChI=1S/C15H13BrO3/c16-12-6-7-14(17)13(10-12)15(18)19-9-8-11-4-2-1-3-5-11/h1-7,10,17H,8-9H2. The highest BCUT2D eigenvalue weighted by Gasteiger charge is 2.12. The Hall–Kier alpha value is -1.81. The van der Waals surface area contributed by atoms with Gasteiger partial charge in [-0.3, -0.25) is 0 Å². The van der Waals surface area contributed by atoms with Crippen molar-refractivity contribution in [3.05, 3.63) is 64.1 Å². The number of carbonyl (C=O) groups excluding carboxylic acids is 1. The number of hydrogen-bond acceptors (Lipinski definition) is 3. The van der Waals surface area contributed by atoms with E-state index in [1.54, 1.807) is 12.1 Å². The molecular formula is C15H13BrO3. The van der Waals surface area contributed by atoms with Crippen LogP contribution in [-0.4, -0.2) is 17.7 Å². The predicted octanol–water partition coefficient (Wildman–Crippen LogP) is 3.55. The van der Waals surface area contributed by atoms with Crippen molar-refractivity contribution in [1.29, 1.82) is 0 Å². The van der Waals surface area contributed by atoms with Crippen LogP contribution in [0.2, 0.25) is 0 Å². The molecule has 0 saturated heterocycles. The number of phenolic OH excluding ortho intramolecular Hbond substituents is 1. The zero-order valence-electron chi connectivity index (χ0n) is 10.2. The summed E-state index contributed by atoms with van der Waals surface area (Å²) >= 11 is 3.25. The molecule has 0 heterocycles. The Labute approximate surface area is 120 Å². The highest BCUT2D eigenvalue weighted by Crippen LogP contribution is 2.22. The van der Waals surface area contributed by atoms with Gasteiger partial charge in [-0.25, -0.2) is 4.79 Å². The van der Waals surface area contributed by atoms with Crippen LogP contribution < -0.4 is 0 Å². The molecule has 0 unspecified atom stereocenters. The molecule has 2 rings (SSSR count). The first-order valence-electron chi connectivity index (χ1n) is 5.86. The summed E-state index contributed by atoms with van der Waals surface area (Å²) in [6.07, 6.45) is 0.654. The molecule has 0 aromatic heterocycles. The van der Waals surface area contributed by atoms with Gasteiger partial charge >= 0.3 is 5.97 Å². The third kappa shape index (κ3) is 3.83. The van der Waals surface area contributed by atoms with Gasteiger partial charge in [-0.05, 0) is 23.8 Å². The van der Waals surface area contributed by atoms with Crippen molar-refractivity contribution in [2.75, 3.05) is 6.61 Å². The minimum atomic E-state index is -0.519. The van der Waals surface area contributed by atoms with Crippen molar-refractivity contribution in [3.63, 3.8) is 0 Å². The van der Waals surface area contributed by atoms with E-state index in [-0.39, 0.29) is 17.9 Å². The van der Waals surface area contributed by atoms with Crippen molar-refractivity contribution in [2.24, 2.45) is 0 Å². The van der Waals surface area contributed by atoms with E-state index in [4.69, 9.17) is 4.74 Å². The summed E-state index contributed by atoms with van der Waals surface area (Å²) in [6.45, 7) is 0.287. The summed E-state index contributed by atoms with van der Waals surface area (Å²) in [4.78, 5) is 11.8. The third-order valence-electron chi connectivity index (χ3n) is 2.65. The van der Waals surface area contributed by atoms with Gasteiger partial charge in [0.25, 0.3) is 0 Å². The van der Waals surface area contributed by atoms with Crippen molar-refractivity contribution >= 4 is 21.9 Å². The fourth-order valence-electron chi connectivity index (χ4n) is 1.66. The lowest BCUT2D eigenvalue weighted by molar-refractivity contribution is 0.0506. The summed E-state index contributed by atoms with van der Waals surface area (Å²) in [5, 5.41) is 9.60. The van der Waals surface area contributed by atoms with Crippen LogP contribution in [-0.2, 0) is 11.2 Å². The molecule has 4 heteroatoms. The second-order valence-electron chi connectivity index (χ2n) is 4.03. The first kappa shape index (κ1) is 13.6. The van der Waals surface area contributed by atoms with Crippen LogP contribution in [0.15, 0.2) is 53.0 Å². The maximum absolute atomic E-state index is 11.8. The monoisotopic (exact) mass is 320 g/mol. The molecule has 0 spiro atoms. The molecule has 2 aromatic rings. The maximum Gasteiger partial charge on any atom is 0.341 e. The molecule has 0 amide bonds. The zero-order valence-corrected chi connectivity index (χ0v) is 11.8. The van der Waals surface area contributed by atoms with E-state index in [0.29, 0.717) is 6.42 Å². The number of aromatic hydroxyl groups is 1. The van der Waals surface area contributed by atoms with Gasteiger partial charge < -0.3 is 9.84 Å². The minimum Gasteiger partial charge on any atom is -0.507 e. The zero-order chi connectivity index (χ0) is 13.7. The number of phenols is 1. The average molecular weight is 321 g/mol. The third-order valence-corrected chi connectivity index (χ3v) is 3.14. The summed E-state index contributed by atoms with van der Waals surface area (Å²) < 4.78 is 5.87. The normalized spacial score (nSPS) is 10.2. The van der Waals surface area contributed by atoms with Crippen LogP contribution in [0.4, 0.5) is 0 Å². The number of benzene rings is 2. The molecule has 98 valence electrons. The quantitative estimate of drug-likeness (QED) is 0.876. The fraction of sp³-hybridized carbons (Fsp3) is 0.133. The summed E-state index contributed by atoms with van der Waals surface area (Å²) in [5.74, 6) is -0.595. The molecule has 3 nitrogen and oxygen atoms in total. The van der Waals surface area contributed by atoms with Gasteiger partial charge in [0.15, 0.2) is 0 Å². The topological polar surface area (TPSA) is 46.5 Å². The van der Waals surface area contributed by atoms with E-state index >= 15 is 0 Å². The number of rotatable bonds is 4. The molecule has 0 aliphatic heterocycles. The molecule has 0 aliphatic rings. The molecule has 0 aliphatic carbocycles. The molecule has 0 fully saturated rings. The average Bonchev–Trinajstić information content (AvgIpc) is 2.42. The van der Waals surface area contributed by atoms with Crippen LogP contribution in [0.25, 0.3) is 0 Å². The SMILES string of the molecule is O=C(OCCc1ccccc1)c1cc(Br)ccc1O. The van der Waals surface area contributed by atoms with Crippen LogP contribution >= 0.6 is 15.9 Å². The van der Waals surface area contributed by atoms with Gasteiger partial charge in [-0.1, -0.05) is 46.3 Å². The second kappa shape index (κ2) is 6.38. The summed E-state index contributed by atoms with van der Waals surface area (Å²) in [6, 6.07) is 14.4. The molecule has 19 heavy (non-hydrogen) atoms. The van der Waals surface area contributed by atoms with Crippen molar-refractivity contribution < 1.29 is 14.6 Å². The Balaban J connectivity index is 1.93. The largest absolute Gasteiger partial charge is 0.507 e. The van der Waals surface area contributed by atoms with E-state index in [1.165, 1.54) is 6.07 Å². The van der Waals surface area contributed by atoms with E-state index in [1.807, 2.05) is 30.3 Å². The molecule has 0 saturated carbocycles.